The van der Waals surface area contributed by atoms with Gasteiger partial charge in [0.15, 0.2) is 0 Å². The van der Waals surface area contributed by atoms with E-state index in [-0.39, 0.29) is 0 Å². The predicted octanol–water partition coefficient (Wildman–Crippen LogP) is 2.92. The zero-order chi connectivity index (χ0) is 15.2. The van der Waals surface area contributed by atoms with Crippen LogP contribution in [0.25, 0.3) is 0 Å². The maximum Gasteiger partial charge on any atom is 0.145 e. The summed E-state index contributed by atoms with van der Waals surface area (Å²) in [4.78, 5) is 2.45. The molecule has 0 saturated carbocycles. The van der Waals surface area contributed by atoms with E-state index in [9.17, 15) is 0 Å². The molecule has 0 spiro atoms. The molecule has 1 saturated heterocycles. The highest BCUT2D eigenvalue weighted by atomic mass is 16.5. The lowest BCUT2D eigenvalue weighted by molar-refractivity contribution is 0.377. The molecule has 1 aliphatic heterocycles. The molecular formula is C17H28N2O2. The molecule has 1 aromatic rings. The van der Waals surface area contributed by atoms with Crippen molar-refractivity contribution in [1.82, 2.24) is 5.32 Å². The number of nitrogens with zero attached hydrogens (tertiary/aromatic N) is 1. The van der Waals surface area contributed by atoms with E-state index < -0.39 is 0 Å². The SMILES string of the molecule is CCC1CCN(c2ccc(OC)cc2OC)CC(C)CN1. The van der Waals surface area contributed by atoms with E-state index in [1.165, 1.54) is 18.5 Å². The van der Waals surface area contributed by atoms with Crippen LogP contribution in [0, 0.1) is 5.92 Å². The molecule has 118 valence electrons. The van der Waals surface area contributed by atoms with Gasteiger partial charge in [-0.05, 0) is 37.4 Å². The van der Waals surface area contributed by atoms with Crippen LogP contribution >= 0.6 is 0 Å². The molecule has 0 amide bonds. The van der Waals surface area contributed by atoms with Crippen LogP contribution < -0.4 is 19.7 Å². The van der Waals surface area contributed by atoms with Gasteiger partial charge in [0.25, 0.3) is 0 Å². The van der Waals surface area contributed by atoms with E-state index in [4.69, 9.17) is 9.47 Å². The van der Waals surface area contributed by atoms with Crippen LogP contribution in [0.1, 0.15) is 26.7 Å². The summed E-state index contributed by atoms with van der Waals surface area (Å²) in [7, 11) is 3.41. The van der Waals surface area contributed by atoms with Crippen molar-refractivity contribution < 1.29 is 9.47 Å². The summed E-state index contributed by atoms with van der Waals surface area (Å²) in [5.41, 5.74) is 1.17. The van der Waals surface area contributed by atoms with Gasteiger partial charge in [0.1, 0.15) is 11.5 Å². The van der Waals surface area contributed by atoms with Crippen molar-refractivity contribution >= 4 is 5.69 Å². The van der Waals surface area contributed by atoms with Crippen LogP contribution in [0.15, 0.2) is 18.2 Å². The van der Waals surface area contributed by atoms with E-state index in [0.717, 1.165) is 31.1 Å². The highest BCUT2D eigenvalue weighted by Gasteiger charge is 2.20. The summed E-state index contributed by atoms with van der Waals surface area (Å²) in [5.74, 6) is 2.35. The summed E-state index contributed by atoms with van der Waals surface area (Å²) in [6.45, 7) is 7.73. The van der Waals surface area contributed by atoms with Crippen LogP contribution in [0.2, 0.25) is 0 Å². The average molecular weight is 292 g/mol. The Bertz CT molecular complexity index is 450. The summed E-state index contributed by atoms with van der Waals surface area (Å²) < 4.78 is 10.9. The van der Waals surface area contributed by atoms with Gasteiger partial charge in [-0.15, -0.1) is 0 Å². The summed E-state index contributed by atoms with van der Waals surface area (Å²) in [6, 6.07) is 6.70. The van der Waals surface area contributed by atoms with Gasteiger partial charge in [-0.1, -0.05) is 13.8 Å². The van der Waals surface area contributed by atoms with Gasteiger partial charge < -0.3 is 19.7 Å². The van der Waals surface area contributed by atoms with Crippen molar-refractivity contribution in [3.05, 3.63) is 18.2 Å². The van der Waals surface area contributed by atoms with E-state index in [1.807, 2.05) is 12.1 Å². The zero-order valence-electron chi connectivity index (χ0n) is 13.7. The van der Waals surface area contributed by atoms with Gasteiger partial charge in [0.2, 0.25) is 0 Å². The maximum absolute atomic E-state index is 5.56. The molecular weight excluding hydrogens is 264 g/mol. The summed E-state index contributed by atoms with van der Waals surface area (Å²) >= 11 is 0. The van der Waals surface area contributed by atoms with Crippen molar-refractivity contribution in [2.75, 3.05) is 38.8 Å². The first-order valence-corrected chi connectivity index (χ1v) is 7.88. The summed E-state index contributed by atoms with van der Waals surface area (Å²) in [5, 5.41) is 3.66. The lowest BCUT2D eigenvalue weighted by atomic mass is 10.0. The fourth-order valence-corrected chi connectivity index (χ4v) is 2.93. The molecule has 0 radical (unpaired) electrons. The number of rotatable bonds is 4. The second-order valence-corrected chi connectivity index (χ2v) is 5.89. The fourth-order valence-electron chi connectivity index (χ4n) is 2.93. The van der Waals surface area contributed by atoms with Crippen molar-refractivity contribution in [3.8, 4) is 11.5 Å². The second-order valence-electron chi connectivity index (χ2n) is 5.89. The topological polar surface area (TPSA) is 33.7 Å². The fraction of sp³-hybridized carbons (Fsp3) is 0.647. The lowest BCUT2D eigenvalue weighted by Gasteiger charge is -2.34. The molecule has 21 heavy (non-hydrogen) atoms. The molecule has 1 heterocycles. The Hall–Kier alpha value is -1.42. The van der Waals surface area contributed by atoms with Crippen LogP contribution in [0.5, 0.6) is 11.5 Å². The van der Waals surface area contributed by atoms with Crippen molar-refractivity contribution in [1.29, 1.82) is 0 Å². The molecule has 4 heteroatoms. The Morgan fingerprint density at radius 2 is 2.10 bits per heavy atom. The zero-order valence-corrected chi connectivity index (χ0v) is 13.7. The molecule has 0 bridgehead atoms. The molecule has 2 rings (SSSR count). The molecule has 1 N–H and O–H groups in total. The minimum Gasteiger partial charge on any atom is -0.497 e. The first-order valence-electron chi connectivity index (χ1n) is 7.88. The van der Waals surface area contributed by atoms with E-state index in [0.29, 0.717) is 12.0 Å². The third-order valence-electron chi connectivity index (χ3n) is 4.25. The first kappa shape index (κ1) is 16.0. The third-order valence-corrected chi connectivity index (χ3v) is 4.25. The number of hydrogen-bond acceptors (Lipinski definition) is 4. The van der Waals surface area contributed by atoms with Crippen molar-refractivity contribution in [3.63, 3.8) is 0 Å². The molecule has 4 nitrogen and oxygen atoms in total. The minimum atomic E-state index is 0.611. The quantitative estimate of drug-likeness (QED) is 0.925. The smallest absolute Gasteiger partial charge is 0.145 e. The first-order chi connectivity index (χ1) is 10.2. The van der Waals surface area contributed by atoms with Crippen LogP contribution in [-0.2, 0) is 0 Å². The average Bonchev–Trinajstić information content (AvgIpc) is 2.50. The van der Waals surface area contributed by atoms with E-state index in [1.54, 1.807) is 14.2 Å². The Labute approximate surface area is 128 Å². The normalized spacial score (nSPS) is 23.3. The monoisotopic (exact) mass is 292 g/mol. The molecule has 2 unspecified atom stereocenters. The van der Waals surface area contributed by atoms with Gasteiger partial charge in [0, 0.05) is 25.2 Å². The number of anilines is 1. The maximum atomic E-state index is 5.56. The van der Waals surface area contributed by atoms with Gasteiger partial charge >= 0.3 is 0 Å². The minimum absolute atomic E-state index is 0.611. The number of methoxy groups -OCH3 is 2. The second kappa shape index (κ2) is 7.55. The number of hydrogen-bond donors (Lipinski definition) is 1. The van der Waals surface area contributed by atoms with E-state index >= 15 is 0 Å². The molecule has 0 aromatic heterocycles. The molecule has 1 fully saturated rings. The lowest BCUT2D eigenvalue weighted by Crippen LogP contribution is -2.43. The van der Waals surface area contributed by atoms with E-state index in [2.05, 4.69) is 30.1 Å². The van der Waals surface area contributed by atoms with Gasteiger partial charge in [-0.2, -0.15) is 0 Å². The number of ether oxygens (including phenoxy) is 2. The third kappa shape index (κ3) is 4.03. The van der Waals surface area contributed by atoms with Crippen LogP contribution in [0.3, 0.4) is 0 Å². The van der Waals surface area contributed by atoms with Crippen LogP contribution in [0.4, 0.5) is 5.69 Å². The van der Waals surface area contributed by atoms with Crippen LogP contribution in [-0.4, -0.2) is 39.9 Å². The predicted molar refractivity (Wildman–Crippen MR) is 87.6 cm³/mol. The standard InChI is InChI=1S/C17H28N2O2/c1-5-14-8-9-19(12-13(2)11-18-14)16-7-6-15(20-3)10-17(16)21-4/h6-7,10,13-14,18H,5,8-9,11-12H2,1-4H3. The molecule has 1 aliphatic rings. The molecule has 0 aliphatic carbocycles. The van der Waals surface area contributed by atoms with Crippen molar-refractivity contribution in [2.24, 2.45) is 5.92 Å². The Morgan fingerprint density at radius 3 is 2.76 bits per heavy atom. The molecule has 2 atom stereocenters. The van der Waals surface area contributed by atoms with Crippen molar-refractivity contribution in [2.45, 2.75) is 32.7 Å². The van der Waals surface area contributed by atoms with Gasteiger partial charge in [0.05, 0.1) is 19.9 Å². The summed E-state index contributed by atoms with van der Waals surface area (Å²) in [6.07, 6.45) is 2.35. The Balaban J connectivity index is 2.21. The Kier molecular flexibility index (Phi) is 5.74. The number of nitrogens with one attached hydrogen (secondary N) is 1. The largest absolute Gasteiger partial charge is 0.497 e. The number of benzene rings is 1. The van der Waals surface area contributed by atoms with Gasteiger partial charge in [-0.3, -0.25) is 0 Å². The highest BCUT2D eigenvalue weighted by Crippen LogP contribution is 2.33. The molecule has 1 aromatic carbocycles. The highest BCUT2D eigenvalue weighted by molar-refractivity contribution is 5.61. The Morgan fingerprint density at radius 1 is 1.29 bits per heavy atom. The van der Waals surface area contributed by atoms with Gasteiger partial charge in [-0.25, -0.2) is 0 Å².